The molecule has 2 aromatic heterocycles. The summed E-state index contributed by atoms with van der Waals surface area (Å²) >= 11 is 0. The maximum absolute atomic E-state index is 12.6. The second-order valence-corrected chi connectivity index (χ2v) is 8.78. The fraction of sp³-hybridized carbons (Fsp3) is 0.269. The van der Waals surface area contributed by atoms with E-state index in [-0.39, 0.29) is 0 Å². The first kappa shape index (κ1) is 21.9. The Bertz CT molecular complexity index is 1220. The summed E-state index contributed by atoms with van der Waals surface area (Å²) in [6.45, 7) is 8.48. The lowest BCUT2D eigenvalue weighted by atomic mass is 9.92. The lowest BCUT2D eigenvalue weighted by Crippen LogP contribution is -2.48. The highest BCUT2D eigenvalue weighted by molar-refractivity contribution is 6.31. The van der Waals surface area contributed by atoms with E-state index in [1.165, 1.54) is 0 Å². The van der Waals surface area contributed by atoms with Crippen LogP contribution in [-0.2, 0) is 4.79 Å². The van der Waals surface area contributed by atoms with E-state index in [1.807, 2.05) is 36.5 Å². The molecular formula is C26H27N5O3. The van der Waals surface area contributed by atoms with Crippen LogP contribution in [0.3, 0.4) is 0 Å². The van der Waals surface area contributed by atoms with E-state index in [1.54, 1.807) is 24.8 Å². The van der Waals surface area contributed by atoms with Gasteiger partial charge < -0.3 is 14.6 Å². The lowest BCUT2D eigenvalue weighted by Gasteiger charge is -2.38. The number of aromatic nitrogens is 1. The molecule has 8 nitrogen and oxygen atoms in total. The number of piperazine rings is 1. The van der Waals surface area contributed by atoms with Gasteiger partial charge in [0, 0.05) is 55.1 Å². The van der Waals surface area contributed by atoms with Gasteiger partial charge in [0.1, 0.15) is 5.82 Å². The first-order chi connectivity index (χ1) is 16.5. The van der Waals surface area contributed by atoms with E-state index in [9.17, 15) is 9.59 Å². The lowest BCUT2D eigenvalue weighted by molar-refractivity contribution is -0.114. The molecule has 0 unspecified atom stereocenters. The number of fused-ring (bicyclic) bond motifs is 1. The molecule has 0 atom stereocenters. The number of rotatable bonds is 5. The minimum Gasteiger partial charge on any atom is -0.472 e. The van der Waals surface area contributed by atoms with E-state index in [2.05, 4.69) is 39.3 Å². The largest absolute Gasteiger partial charge is 0.472 e. The Morgan fingerprint density at radius 1 is 1.00 bits per heavy atom. The Morgan fingerprint density at radius 3 is 2.50 bits per heavy atom. The van der Waals surface area contributed by atoms with Gasteiger partial charge in [0.2, 0.25) is 0 Å². The van der Waals surface area contributed by atoms with Crippen molar-refractivity contribution in [2.24, 2.45) is 0 Å². The average molecular weight is 458 g/mol. The van der Waals surface area contributed by atoms with Gasteiger partial charge >= 0.3 is 0 Å². The van der Waals surface area contributed by atoms with E-state index >= 15 is 0 Å². The van der Waals surface area contributed by atoms with Crippen molar-refractivity contribution >= 4 is 28.9 Å². The molecular weight excluding hydrogens is 430 g/mol. The fourth-order valence-corrected chi connectivity index (χ4v) is 4.38. The van der Waals surface area contributed by atoms with Crippen LogP contribution in [0.1, 0.15) is 29.8 Å². The summed E-state index contributed by atoms with van der Waals surface area (Å²) in [7, 11) is 0. The third-order valence-corrected chi connectivity index (χ3v) is 6.40. The zero-order valence-electron chi connectivity index (χ0n) is 19.2. The smallest absolute Gasteiger partial charge is 0.260 e. The minimum absolute atomic E-state index is 0.371. The van der Waals surface area contributed by atoms with Gasteiger partial charge in [-0.2, -0.15) is 0 Å². The maximum Gasteiger partial charge on any atom is 0.260 e. The molecule has 0 spiro atoms. The second kappa shape index (κ2) is 9.15. The summed E-state index contributed by atoms with van der Waals surface area (Å²) in [5.41, 5.74) is 4.21. The van der Waals surface area contributed by atoms with Gasteiger partial charge in [-0.05, 0) is 49.7 Å². The maximum atomic E-state index is 12.6. The van der Waals surface area contributed by atoms with Crippen LogP contribution in [0.4, 0.5) is 11.5 Å². The molecule has 8 heteroatoms. The fourth-order valence-electron chi connectivity index (χ4n) is 4.38. The molecule has 1 saturated heterocycles. The number of nitrogens with one attached hydrogen (secondary N) is 2. The topological polar surface area (TPSA) is 90.7 Å². The quantitative estimate of drug-likeness (QED) is 0.447. The van der Waals surface area contributed by atoms with Gasteiger partial charge in [0.15, 0.2) is 0 Å². The second-order valence-electron chi connectivity index (χ2n) is 8.78. The predicted molar refractivity (Wildman–Crippen MR) is 131 cm³/mol. The van der Waals surface area contributed by atoms with Crippen molar-refractivity contribution in [3.05, 3.63) is 72.4 Å². The highest BCUT2D eigenvalue weighted by Crippen LogP contribution is 2.30. The molecule has 0 saturated carbocycles. The van der Waals surface area contributed by atoms with Crippen LogP contribution in [0.5, 0.6) is 0 Å². The number of carbonyl (C=O) groups is 2. The van der Waals surface area contributed by atoms with Crippen molar-refractivity contribution in [3.63, 3.8) is 0 Å². The summed E-state index contributed by atoms with van der Waals surface area (Å²) in [5.74, 6) is -0.237. The number of furan rings is 1. The van der Waals surface area contributed by atoms with Gasteiger partial charge in [0.05, 0.1) is 30.0 Å². The number of benzene rings is 1. The molecule has 1 aromatic carbocycles. The number of hydrogen-bond donors (Lipinski definition) is 2. The molecule has 34 heavy (non-hydrogen) atoms. The Hall–Kier alpha value is -3.91. The molecule has 174 valence electrons. The summed E-state index contributed by atoms with van der Waals surface area (Å²) in [4.78, 5) is 34.3. The van der Waals surface area contributed by atoms with E-state index < -0.39 is 11.8 Å². The minimum atomic E-state index is -0.450. The number of carbonyl (C=O) groups excluding carboxylic acids is 2. The van der Waals surface area contributed by atoms with Crippen LogP contribution in [0.15, 0.2) is 65.7 Å². The normalized spacial score (nSPS) is 17.7. The van der Waals surface area contributed by atoms with Crippen LogP contribution in [0.2, 0.25) is 0 Å². The Balaban J connectivity index is 1.34. The first-order valence-corrected chi connectivity index (χ1v) is 11.4. The Morgan fingerprint density at radius 2 is 1.82 bits per heavy atom. The van der Waals surface area contributed by atoms with Gasteiger partial charge in [-0.3, -0.25) is 19.8 Å². The van der Waals surface area contributed by atoms with Gasteiger partial charge in [-0.25, -0.2) is 4.98 Å². The third kappa shape index (κ3) is 4.32. The van der Waals surface area contributed by atoms with Crippen molar-refractivity contribution in [1.29, 1.82) is 0 Å². The molecule has 0 radical (unpaired) electrons. The number of nitrogens with zero attached hydrogens (tertiary/aromatic N) is 3. The van der Waals surface area contributed by atoms with Gasteiger partial charge in [-0.1, -0.05) is 6.07 Å². The monoisotopic (exact) mass is 457 g/mol. The van der Waals surface area contributed by atoms with Crippen molar-refractivity contribution in [1.82, 2.24) is 15.2 Å². The number of pyridine rings is 1. The highest BCUT2D eigenvalue weighted by atomic mass is 16.3. The van der Waals surface area contributed by atoms with Crippen molar-refractivity contribution < 1.29 is 14.0 Å². The van der Waals surface area contributed by atoms with E-state index in [0.717, 1.165) is 43.0 Å². The molecule has 0 aliphatic carbocycles. The number of amides is 2. The van der Waals surface area contributed by atoms with Crippen molar-refractivity contribution in [2.75, 3.05) is 36.4 Å². The van der Waals surface area contributed by atoms with Gasteiger partial charge in [0.25, 0.3) is 11.8 Å². The number of imide groups is 1. The molecule has 4 heterocycles. The van der Waals surface area contributed by atoms with Crippen LogP contribution in [0.25, 0.3) is 16.7 Å². The van der Waals surface area contributed by atoms with Gasteiger partial charge in [-0.15, -0.1) is 0 Å². The molecule has 1 fully saturated rings. The summed E-state index contributed by atoms with van der Waals surface area (Å²) in [6, 6.07) is 11.7. The van der Waals surface area contributed by atoms with E-state index in [0.29, 0.717) is 28.6 Å². The van der Waals surface area contributed by atoms with Crippen LogP contribution in [-0.4, -0.2) is 53.9 Å². The zero-order chi connectivity index (χ0) is 23.7. The standard InChI is InChI=1S/C26H27N5O3/c1-17(2)30-8-10-31(11-9-30)20-4-6-24(27-14-20)28-15-23-22-13-18(19-7-12-34-16-19)3-5-21(22)25(32)29-26(23)33/h3-7,12-17H,8-11H2,1-2H3,(H,27,28)(H,29,32,33). The number of anilines is 2. The Labute approximate surface area is 198 Å². The molecule has 3 aromatic rings. The third-order valence-electron chi connectivity index (χ3n) is 6.40. The van der Waals surface area contributed by atoms with Crippen LogP contribution >= 0.6 is 0 Å². The predicted octanol–water partition coefficient (Wildman–Crippen LogP) is 3.60. The molecule has 5 rings (SSSR count). The van der Waals surface area contributed by atoms with Crippen molar-refractivity contribution in [2.45, 2.75) is 19.9 Å². The molecule has 2 aliphatic heterocycles. The first-order valence-electron chi connectivity index (χ1n) is 11.4. The van der Waals surface area contributed by atoms with Crippen LogP contribution < -0.4 is 15.5 Å². The molecule has 0 bridgehead atoms. The summed E-state index contributed by atoms with van der Waals surface area (Å²) in [6.07, 6.45) is 6.66. The highest BCUT2D eigenvalue weighted by Gasteiger charge is 2.27. The molecule has 2 amide bonds. The zero-order valence-corrected chi connectivity index (χ0v) is 19.2. The SMILES string of the molecule is CC(C)N1CCN(c2ccc(NC=C3C(=O)NC(=O)c4ccc(-c5ccoc5)cc43)nc2)CC1. The van der Waals surface area contributed by atoms with Crippen molar-refractivity contribution in [3.8, 4) is 11.1 Å². The Kier molecular flexibility index (Phi) is 5.90. The molecule has 2 aliphatic rings. The van der Waals surface area contributed by atoms with E-state index in [4.69, 9.17) is 4.42 Å². The number of hydrogen-bond acceptors (Lipinski definition) is 7. The van der Waals surface area contributed by atoms with Crippen LogP contribution in [0, 0.1) is 0 Å². The molecule has 2 N–H and O–H groups in total. The average Bonchev–Trinajstić information content (AvgIpc) is 3.39. The summed E-state index contributed by atoms with van der Waals surface area (Å²) < 4.78 is 5.17. The summed E-state index contributed by atoms with van der Waals surface area (Å²) in [5, 5.41) is 5.52.